The molecule has 42 valence electrons. The third kappa shape index (κ3) is 0.964. The molecule has 0 atom stereocenters. The van der Waals surface area contributed by atoms with Crippen molar-refractivity contribution in [3.8, 4) is 0 Å². The van der Waals surface area contributed by atoms with Crippen molar-refractivity contribution in [3.63, 3.8) is 0 Å². The molecule has 0 heterocycles. The van der Waals surface area contributed by atoms with Crippen molar-refractivity contribution in [1.29, 1.82) is 0 Å². The second-order valence-corrected chi connectivity index (χ2v) is 1.74. The molecule has 8 heavy (non-hydrogen) atoms. The molecule has 0 fully saturated rings. The van der Waals surface area contributed by atoms with Gasteiger partial charge in [0.25, 0.3) is 0 Å². The van der Waals surface area contributed by atoms with Gasteiger partial charge in [0.05, 0.1) is 6.42 Å². The number of nitrogens with two attached hydrogens (primary N) is 1. The molecule has 0 saturated carbocycles. The van der Waals surface area contributed by atoms with Crippen molar-refractivity contribution >= 4 is 5.91 Å². The predicted octanol–water partition coefficient (Wildman–Crippen LogP) is 0.358. The first-order valence-electron chi connectivity index (χ1n) is 2.44. The van der Waals surface area contributed by atoms with Crippen molar-refractivity contribution in [2.24, 2.45) is 5.73 Å². The van der Waals surface area contributed by atoms with E-state index in [1.165, 1.54) is 0 Å². The summed E-state index contributed by atoms with van der Waals surface area (Å²) in [6, 6.07) is 0. The minimum atomic E-state index is -0.263. The summed E-state index contributed by atoms with van der Waals surface area (Å²) in [5.74, 6) is -0.263. The zero-order valence-corrected chi connectivity index (χ0v) is 4.42. The number of hydrogen-bond acceptors (Lipinski definition) is 1. The van der Waals surface area contributed by atoms with Gasteiger partial charge in [-0.3, -0.25) is 4.79 Å². The van der Waals surface area contributed by atoms with E-state index in [0.717, 1.165) is 5.57 Å². The van der Waals surface area contributed by atoms with Crippen LogP contribution in [0.5, 0.6) is 0 Å². The monoisotopic (exact) mass is 109 g/mol. The highest BCUT2D eigenvalue weighted by atomic mass is 16.1. The number of allylic oxidation sites excluding steroid dienone is 3. The summed E-state index contributed by atoms with van der Waals surface area (Å²) in [4.78, 5) is 10.2. The molecule has 1 amide bonds. The van der Waals surface area contributed by atoms with Gasteiger partial charge in [-0.25, -0.2) is 0 Å². The quantitative estimate of drug-likeness (QED) is 0.546. The molecule has 2 heteroatoms. The molecular weight excluding hydrogens is 102 g/mol. The van der Waals surface area contributed by atoms with Crippen LogP contribution in [0.25, 0.3) is 0 Å². The highest BCUT2D eigenvalue weighted by Gasteiger charge is 2.00. The third-order valence-corrected chi connectivity index (χ3v) is 0.999. The van der Waals surface area contributed by atoms with E-state index in [1.807, 2.05) is 18.2 Å². The Morgan fingerprint density at radius 3 is 2.50 bits per heavy atom. The highest BCUT2D eigenvalue weighted by Crippen LogP contribution is 2.10. The number of rotatable bonds is 2. The molecule has 2 N–H and O–H groups in total. The topological polar surface area (TPSA) is 43.1 Å². The molecule has 0 spiro atoms. The Balaban J connectivity index is 2.31. The summed E-state index contributed by atoms with van der Waals surface area (Å²) in [6.07, 6.45) is 6.03. The average molecular weight is 109 g/mol. The van der Waals surface area contributed by atoms with Gasteiger partial charge in [-0.2, -0.15) is 0 Å². The molecule has 1 rings (SSSR count). The number of amides is 1. The molecule has 0 aromatic rings. The maximum atomic E-state index is 10.2. The van der Waals surface area contributed by atoms with Crippen LogP contribution in [0.4, 0.5) is 0 Å². The Bertz CT molecular complexity index is 167. The molecule has 0 aromatic heterocycles. The van der Waals surface area contributed by atoms with E-state index in [2.05, 4.69) is 0 Å². The first kappa shape index (κ1) is 5.09. The Kier molecular flexibility index (Phi) is 1.16. The minimum Gasteiger partial charge on any atom is -0.369 e. The predicted molar refractivity (Wildman–Crippen MR) is 31.0 cm³/mol. The van der Waals surface area contributed by atoms with E-state index in [9.17, 15) is 4.79 Å². The summed E-state index contributed by atoms with van der Waals surface area (Å²) in [7, 11) is 0. The van der Waals surface area contributed by atoms with E-state index in [-0.39, 0.29) is 5.91 Å². The van der Waals surface area contributed by atoms with E-state index in [0.29, 0.717) is 6.42 Å². The summed E-state index contributed by atoms with van der Waals surface area (Å²) < 4.78 is 0. The lowest BCUT2D eigenvalue weighted by atomic mass is 10.1. The maximum absolute atomic E-state index is 10.2. The smallest absolute Gasteiger partial charge is 0.221 e. The van der Waals surface area contributed by atoms with Gasteiger partial charge >= 0.3 is 0 Å². The second kappa shape index (κ2) is 1.82. The average Bonchev–Trinajstić information content (AvgIpc) is 1.55. The van der Waals surface area contributed by atoms with Gasteiger partial charge < -0.3 is 5.73 Å². The standard InChI is InChI=1S/C6H7NO/c7-6(8)4-5-2-1-3-5/h1-3H,4H2,(H2,7,8). The van der Waals surface area contributed by atoms with Crippen molar-refractivity contribution in [1.82, 2.24) is 0 Å². The van der Waals surface area contributed by atoms with Gasteiger partial charge in [0, 0.05) is 0 Å². The Labute approximate surface area is 47.7 Å². The Morgan fingerprint density at radius 1 is 1.75 bits per heavy atom. The van der Waals surface area contributed by atoms with Gasteiger partial charge in [-0.1, -0.05) is 18.2 Å². The van der Waals surface area contributed by atoms with Crippen LogP contribution < -0.4 is 5.73 Å². The van der Waals surface area contributed by atoms with Crippen molar-refractivity contribution in [2.45, 2.75) is 6.42 Å². The summed E-state index contributed by atoms with van der Waals surface area (Å²) in [5, 5.41) is 0. The number of hydrogen-bond donors (Lipinski definition) is 1. The van der Waals surface area contributed by atoms with Crippen LogP contribution in [0.3, 0.4) is 0 Å². The van der Waals surface area contributed by atoms with Crippen molar-refractivity contribution < 1.29 is 4.79 Å². The maximum Gasteiger partial charge on any atom is 0.221 e. The zero-order chi connectivity index (χ0) is 5.98. The largest absolute Gasteiger partial charge is 0.369 e. The third-order valence-electron chi connectivity index (χ3n) is 0.999. The Morgan fingerprint density at radius 2 is 2.38 bits per heavy atom. The zero-order valence-electron chi connectivity index (χ0n) is 4.42. The summed E-state index contributed by atoms with van der Waals surface area (Å²) in [5.41, 5.74) is 5.91. The van der Waals surface area contributed by atoms with Crippen LogP contribution in [-0.2, 0) is 4.79 Å². The second-order valence-electron chi connectivity index (χ2n) is 1.74. The summed E-state index contributed by atoms with van der Waals surface area (Å²) >= 11 is 0. The first-order chi connectivity index (χ1) is 3.79. The fraction of sp³-hybridized carbons (Fsp3) is 0.167. The van der Waals surface area contributed by atoms with Crippen LogP contribution in [0.15, 0.2) is 23.8 Å². The number of carbonyl (C=O) groups is 1. The molecule has 0 unspecified atom stereocenters. The van der Waals surface area contributed by atoms with Crippen LogP contribution in [-0.4, -0.2) is 5.91 Å². The van der Waals surface area contributed by atoms with E-state index in [4.69, 9.17) is 5.73 Å². The molecule has 0 radical (unpaired) electrons. The SMILES string of the molecule is NC(=O)CC1=CC=C1. The normalized spacial score (nSPS) is 14.8. The van der Waals surface area contributed by atoms with Gasteiger partial charge in [0.1, 0.15) is 0 Å². The van der Waals surface area contributed by atoms with E-state index >= 15 is 0 Å². The lowest BCUT2D eigenvalue weighted by Gasteiger charge is -2.01. The highest BCUT2D eigenvalue weighted by molar-refractivity contribution is 5.78. The molecular formula is C6H7NO. The fourth-order valence-corrected chi connectivity index (χ4v) is 0.551. The van der Waals surface area contributed by atoms with Crippen LogP contribution >= 0.6 is 0 Å². The Hall–Kier alpha value is -1.05. The lowest BCUT2D eigenvalue weighted by molar-refractivity contribution is -0.117. The van der Waals surface area contributed by atoms with Gasteiger partial charge in [0.2, 0.25) is 5.91 Å². The molecule has 0 bridgehead atoms. The van der Waals surface area contributed by atoms with E-state index < -0.39 is 0 Å². The van der Waals surface area contributed by atoms with Gasteiger partial charge in [-0.05, 0) is 5.57 Å². The first-order valence-corrected chi connectivity index (χ1v) is 2.44. The molecule has 1 aliphatic rings. The summed E-state index contributed by atoms with van der Waals surface area (Å²) in [6.45, 7) is 0. The molecule has 0 saturated heterocycles. The molecule has 1 aliphatic carbocycles. The van der Waals surface area contributed by atoms with Crippen LogP contribution in [0, 0.1) is 0 Å². The fourth-order valence-electron chi connectivity index (χ4n) is 0.551. The molecule has 0 aromatic carbocycles. The number of carbonyl (C=O) groups excluding carboxylic acids is 1. The minimum absolute atomic E-state index is 0.263. The van der Waals surface area contributed by atoms with Crippen LogP contribution in [0.2, 0.25) is 0 Å². The molecule has 0 aliphatic heterocycles. The number of primary amides is 1. The lowest BCUT2D eigenvalue weighted by Crippen LogP contribution is -2.11. The van der Waals surface area contributed by atoms with Crippen LogP contribution in [0.1, 0.15) is 6.42 Å². The molecule has 2 nitrogen and oxygen atoms in total. The van der Waals surface area contributed by atoms with Gasteiger partial charge in [0.15, 0.2) is 0 Å². The van der Waals surface area contributed by atoms with Crippen molar-refractivity contribution in [3.05, 3.63) is 23.8 Å². The van der Waals surface area contributed by atoms with Gasteiger partial charge in [-0.15, -0.1) is 0 Å². The van der Waals surface area contributed by atoms with E-state index in [1.54, 1.807) is 0 Å². The van der Waals surface area contributed by atoms with Crippen molar-refractivity contribution in [2.75, 3.05) is 0 Å².